The van der Waals surface area contributed by atoms with E-state index < -0.39 is 16.0 Å². The quantitative estimate of drug-likeness (QED) is 0.610. The van der Waals surface area contributed by atoms with Crippen LogP contribution in [0.3, 0.4) is 0 Å². The molecular formula is C8H6BrN3O3S2. The first-order chi connectivity index (χ1) is 7.94. The van der Waals surface area contributed by atoms with E-state index in [0.717, 1.165) is 5.56 Å². The molecule has 0 unspecified atom stereocenters. The van der Waals surface area contributed by atoms with E-state index in [2.05, 4.69) is 25.3 Å². The second-order valence-electron chi connectivity index (χ2n) is 3.16. The predicted octanol–water partition coefficient (Wildman–Crippen LogP) is 0.758. The average molecular weight is 336 g/mol. The molecule has 90 valence electrons. The van der Waals surface area contributed by atoms with Crippen LogP contribution in [-0.2, 0) is 16.0 Å². The Bertz CT molecular complexity index is 624. The van der Waals surface area contributed by atoms with Crippen molar-refractivity contribution < 1.29 is 17.5 Å². The van der Waals surface area contributed by atoms with Gasteiger partial charge in [0.05, 0.1) is 0 Å². The van der Waals surface area contributed by atoms with Gasteiger partial charge >= 0.3 is 0 Å². The zero-order chi connectivity index (χ0) is 12.5. The summed E-state index contributed by atoms with van der Waals surface area (Å²) in [7, 11) is -4.27. The van der Waals surface area contributed by atoms with E-state index in [9.17, 15) is 13.0 Å². The van der Waals surface area contributed by atoms with Crippen LogP contribution >= 0.6 is 27.5 Å². The molecule has 0 aromatic carbocycles. The van der Waals surface area contributed by atoms with Gasteiger partial charge < -0.3 is 4.55 Å². The van der Waals surface area contributed by atoms with Crippen LogP contribution in [0.5, 0.6) is 0 Å². The Hall–Kier alpha value is -0.900. The summed E-state index contributed by atoms with van der Waals surface area (Å²) in [6.07, 6.45) is 3.03. The number of pyridine rings is 1. The summed E-state index contributed by atoms with van der Waals surface area (Å²) in [6.45, 7) is 0. The smallest absolute Gasteiger partial charge is 0.236 e. The molecule has 2 aromatic heterocycles. The van der Waals surface area contributed by atoms with Crippen molar-refractivity contribution in [3.8, 4) is 10.6 Å². The zero-order valence-corrected chi connectivity index (χ0v) is 11.5. The number of hydrogen-bond acceptors (Lipinski definition) is 6. The van der Waals surface area contributed by atoms with Crippen molar-refractivity contribution in [2.45, 2.75) is 5.88 Å². The van der Waals surface area contributed by atoms with Crippen molar-refractivity contribution >= 4 is 37.6 Å². The van der Waals surface area contributed by atoms with Crippen molar-refractivity contribution in [3.05, 3.63) is 29.3 Å². The molecule has 0 atom stereocenters. The zero-order valence-electron chi connectivity index (χ0n) is 8.28. The lowest BCUT2D eigenvalue weighted by atomic mass is 10.3. The molecule has 17 heavy (non-hydrogen) atoms. The van der Waals surface area contributed by atoms with Crippen LogP contribution in [0.2, 0.25) is 0 Å². The molecule has 0 radical (unpaired) electrons. The highest BCUT2D eigenvalue weighted by Crippen LogP contribution is 2.21. The molecular weight excluding hydrogens is 330 g/mol. The van der Waals surface area contributed by atoms with Gasteiger partial charge in [0, 0.05) is 17.7 Å². The van der Waals surface area contributed by atoms with E-state index in [1.54, 1.807) is 12.1 Å². The maximum Gasteiger partial charge on any atom is 0.236 e. The highest BCUT2D eigenvalue weighted by atomic mass is 79.9. The van der Waals surface area contributed by atoms with Crippen molar-refractivity contribution in [1.29, 1.82) is 0 Å². The van der Waals surface area contributed by atoms with Crippen molar-refractivity contribution in [2.75, 3.05) is 0 Å². The van der Waals surface area contributed by atoms with Gasteiger partial charge in [-0.1, -0.05) is 0 Å². The van der Waals surface area contributed by atoms with Gasteiger partial charge in [-0.25, -0.2) is 13.4 Å². The summed E-state index contributed by atoms with van der Waals surface area (Å²) in [6, 6.07) is 3.36. The Balaban J connectivity index is 2.24. The van der Waals surface area contributed by atoms with Gasteiger partial charge in [-0.15, -0.1) is 0 Å². The third-order valence-corrected chi connectivity index (χ3v) is 3.81. The minimum absolute atomic E-state index is 0.511. The van der Waals surface area contributed by atoms with Crippen LogP contribution in [0.4, 0.5) is 0 Å². The standard InChI is InChI=1S/C8H6BrN3O3S2/c9-8-10-7(16-11-8)6-1-3-12(4-2-6)5-17(13,14)15/h1-4H,5H2. The second kappa shape index (κ2) is 4.77. The van der Waals surface area contributed by atoms with Crippen LogP contribution in [0.1, 0.15) is 0 Å². The molecule has 2 rings (SSSR count). The molecule has 0 spiro atoms. The Morgan fingerprint density at radius 2 is 2.06 bits per heavy atom. The fraction of sp³-hybridized carbons (Fsp3) is 0.125. The molecule has 9 heteroatoms. The largest absolute Gasteiger partial charge is 0.743 e. The summed E-state index contributed by atoms with van der Waals surface area (Å²) in [4.78, 5) is 4.12. The van der Waals surface area contributed by atoms with Crippen LogP contribution in [0.15, 0.2) is 29.3 Å². The van der Waals surface area contributed by atoms with Gasteiger partial charge in [0.25, 0.3) is 0 Å². The third-order valence-electron chi connectivity index (χ3n) is 1.85. The van der Waals surface area contributed by atoms with Gasteiger partial charge in [0.15, 0.2) is 22.5 Å². The Morgan fingerprint density at radius 3 is 2.53 bits per heavy atom. The maximum absolute atomic E-state index is 10.6. The minimum Gasteiger partial charge on any atom is -0.743 e. The summed E-state index contributed by atoms with van der Waals surface area (Å²) in [5, 5.41) is 0.717. The maximum atomic E-state index is 10.6. The Labute approximate surface area is 110 Å². The molecule has 0 aliphatic heterocycles. The molecule has 0 aliphatic carbocycles. The van der Waals surface area contributed by atoms with E-state index in [4.69, 9.17) is 0 Å². The summed E-state index contributed by atoms with van der Waals surface area (Å²) >= 11 is 4.37. The average Bonchev–Trinajstić information content (AvgIpc) is 2.63. The van der Waals surface area contributed by atoms with E-state index in [1.807, 2.05) is 0 Å². The van der Waals surface area contributed by atoms with Gasteiger partial charge in [-0.3, -0.25) is 0 Å². The van der Waals surface area contributed by atoms with Gasteiger partial charge in [-0.2, -0.15) is 8.94 Å². The lowest BCUT2D eigenvalue weighted by Crippen LogP contribution is -2.36. The lowest BCUT2D eigenvalue weighted by molar-refractivity contribution is -0.678. The first kappa shape index (κ1) is 12.6. The molecule has 6 nitrogen and oxygen atoms in total. The lowest BCUT2D eigenvalue weighted by Gasteiger charge is -2.02. The van der Waals surface area contributed by atoms with Crippen molar-refractivity contribution in [3.63, 3.8) is 0 Å². The van der Waals surface area contributed by atoms with E-state index >= 15 is 0 Å². The van der Waals surface area contributed by atoms with Crippen LogP contribution in [0, 0.1) is 0 Å². The van der Waals surface area contributed by atoms with Crippen LogP contribution < -0.4 is 4.57 Å². The molecule has 0 aliphatic rings. The fourth-order valence-electron chi connectivity index (χ4n) is 1.19. The summed E-state index contributed by atoms with van der Waals surface area (Å²) in [5.74, 6) is -0.576. The minimum atomic E-state index is -4.27. The molecule has 0 bridgehead atoms. The molecule has 0 saturated heterocycles. The van der Waals surface area contributed by atoms with Crippen LogP contribution in [0.25, 0.3) is 10.6 Å². The molecule has 0 fully saturated rings. The predicted molar refractivity (Wildman–Crippen MR) is 62.9 cm³/mol. The number of aromatic nitrogens is 3. The molecule has 0 N–H and O–H groups in total. The first-order valence-corrected chi connectivity index (χ1v) is 7.51. The Kier molecular flexibility index (Phi) is 3.52. The third kappa shape index (κ3) is 3.53. The molecule has 0 saturated carbocycles. The monoisotopic (exact) mass is 335 g/mol. The number of hydrogen-bond donors (Lipinski definition) is 0. The van der Waals surface area contributed by atoms with Crippen molar-refractivity contribution in [1.82, 2.24) is 9.36 Å². The van der Waals surface area contributed by atoms with E-state index in [1.165, 1.54) is 28.5 Å². The molecule has 2 heterocycles. The van der Waals surface area contributed by atoms with Gasteiger partial charge in [0.2, 0.25) is 10.6 Å². The van der Waals surface area contributed by atoms with Gasteiger partial charge in [0.1, 0.15) is 5.01 Å². The first-order valence-electron chi connectivity index (χ1n) is 4.36. The number of nitrogens with zero attached hydrogens (tertiary/aromatic N) is 3. The van der Waals surface area contributed by atoms with E-state index in [0.29, 0.717) is 9.74 Å². The molecule has 2 aromatic rings. The summed E-state index contributed by atoms with van der Waals surface area (Å²) < 4.78 is 37.4. The SMILES string of the molecule is O=S(=O)([O-])C[n+]1ccc(-c2nc(Br)ns2)cc1. The fourth-order valence-corrected chi connectivity index (χ4v) is 2.81. The van der Waals surface area contributed by atoms with Gasteiger partial charge in [-0.05, 0) is 27.5 Å². The number of halogens is 1. The second-order valence-corrected chi connectivity index (χ2v) is 5.99. The summed E-state index contributed by atoms with van der Waals surface area (Å²) in [5.41, 5.74) is 0.813. The van der Waals surface area contributed by atoms with Crippen molar-refractivity contribution in [2.24, 2.45) is 0 Å². The Morgan fingerprint density at radius 1 is 1.41 bits per heavy atom. The van der Waals surface area contributed by atoms with E-state index in [-0.39, 0.29) is 0 Å². The highest BCUT2D eigenvalue weighted by molar-refractivity contribution is 9.10. The number of rotatable bonds is 3. The highest BCUT2D eigenvalue weighted by Gasteiger charge is 2.09. The topological polar surface area (TPSA) is 86.9 Å². The van der Waals surface area contributed by atoms with Crippen LogP contribution in [-0.4, -0.2) is 22.3 Å². The normalized spacial score (nSPS) is 11.6. The molecule has 0 amide bonds.